The molecule has 1 aromatic carbocycles. The minimum Gasteiger partial charge on any atom is -0.361 e. The van der Waals surface area contributed by atoms with Crippen molar-refractivity contribution in [2.45, 2.75) is 32.4 Å². The molecule has 1 fully saturated rings. The molecule has 0 aliphatic carbocycles. The zero-order valence-electron chi connectivity index (χ0n) is 11.9. The second-order valence-corrected chi connectivity index (χ2v) is 5.52. The lowest BCUT2D eigenvalue weighted by Crippen LogP contribution is -2.43. The van der Waals surface area contributed by atoms with E-state index in [0.29, 0.717) is 17.7 Å². The van der Waals surface area contributed by atoms with Crippen LogP contribution in [0.5, 0.6) is 0 Å². The van der Waals surface area contributed by atoms with E-state index in [-0.39, 0.29) is 5.82 Å². The van der Waals surface area contributed by atoms with E-state index in [2.05, 4.69) is 22.5 Å². The number of hydrogen-bond acceptors (Lipinski definition) is 2. The highest BCUT2D eigenvalue weighted by atomic mass is 32.1. The molecular weight excluding hydrogens is 273 g/mol. The Bertz CT molecular complexity index is 435. The molecule has 1 aromatic rings. The van der Waals surface area contributed by atoms with Gasteiger partial charge in [-0.25, -0.2) is 4.39 Å². The van der Waals surface area contributed by atoms with E-state index in [1.165, 1.54) is 31.5 Å². The van der Waals surface area contributed by atoms with Gasteiger partial charge in [-0.15, -0.1) is 0 Å². The topological polar surface area (TPSA) is 27.3 Å². The number of hydrogen-bond donors (Lipinski definition) is 2. The Morgan fingerprint density at radius 2 is 2.10 bits per heavy atom. The first-order valence-electron chi connectivity index (χ1n) is 7.19. The highest BCUT2D eigenvalue weighted by Gasteiger charge is 2.22. The molecule has 3 nitrogen and oxygen atoms in total. The number of halogens is 1. The van der Waals surface area contributed by atoms with E-state index >= 15 is 0 Å². The van der Waals surface area contributed by atoms with Gasteiger partial charge in [0, 0.05) is 19.1 Å². The Morgan fingerprint density at radius 1 is 1.35 bits per heavy atom. The van der Waals surface area contributed by atoms with Crippen LogP contribution >= 0.6 is 12.2 Å². The third-order valence-corrected chi connectivity index (χ3v) is 4.06. The van der Waals surface area contributed by atoms with Crippen LogP contribution in [0, 0.1) is 5.82 Å². The van der Waals surface area contributed by atoms with Gasteiger partial charge in [0.05, 0.1) is 0 Å². The van der Waals surface area contributed by atoms with E-state index in [1.807, 2.05) is 0 Å². The summed E-state index contributed by atoms with van der Waals surface area (Å²) in [5.41, 5.74) is 1.02. The standard InChI is InChI=1S/C15H22FN3S/c1-2-19-9-3-4-14(19)11-18-15(20)17-10-12-5-7-13(16)8-6-12/h5-8,14H,2-4,9-11H2,1H3,(H2,17,18,20). The molecule has 0 saturated carbocycles. The molecule has 0 radical (unpaired) electrons. The van der Waals surface area contributed by atoms with Crippen LogP contribution in [0.2, 0.25) is 0 Å². The first-order valence-corrected chi connectivity index (χ1v) is 7.60. The zero-order valence-corrected chi connectivity index (χ0v) is 12.7. The van der Waals surface area contributed by atoms with Gasteiger partial charge in [0.15, 0.2) is 5.11 Å². The van der Waals surface area contributed by atoms with Crippen molar-refractivity contribution < 1.29 is 4.39 Å². The lowest BCUT2D eigenvalue weighted by Gasteiger charge is -2.23. The van der Waals surface area contributed by atoms with Gasteiger partial charge in [0.25, 0.3) is 0 Å². The van der Waals surface area contributed by atoms with Gasteiger partial charge in [-0.05, 0) is 55.8 Å². The van der Waals surface area contributed by atoms with Crippen molar-refractivity contribution in [3.8, 4) is 0 Å². The fourth-order valence-electron chi connectivity index (χ4n) is 2.60. The molecule has 1 saturated heterocycles. The van der Waals surface area contributed by atoms with E-state index < -0.39 is 0 Å². The number of benzene rings is 1. The Morgan fingerprint density at radius 3 is 2.80 bits per heavy atom. The monoisotopic (exact) mass is 295 g/mol. The average molecular weight is 295 g/mol. The number of nitrogens with zero attached hydrogens (tertiary/aromatic N) is 1. The molecule has 110 valence electrons. The van der Waals surface area contributed by atoms with E-state index in [9.17, 15) is 4.39 Å². The van der Waals surface area contributed by atoms with Crippen molar-refractivity contribution in [3.05, 3.63) is 35.6 Å². The lowest BCUT2D eigenvalue weighted by atomic mass is 10.2. The highest BCUT2D eigenvalue weighted by Crippen LogP contribution is 2.15. The number of thiocarbonyl (C=S) groups is 1. The van der Waals surface area contributed by atoms with E-state index in [0.717, 1.165) is 18.7 Å². The minimum absolute atomic E-state index is 0.213. The number of likely N-dealkylation sites (N-methyl/N-ethyl adjacent to an activating group) is 1. The summed E-state index contributed by atoms with van der Waals surface area (Å²) < 4.78 is 12.8. The SMILES string of the molecule is CCN1CCCC1CNC(=S)NCc1ccc(F)cc1. The predicted molar refractivity (Wildman–Crippen MR) is 84.1 cm³/mol. The van der Waals surface area contributed by atoms with Crippen molar-refractivity contribution in [1.29, 1.82) is 0 Å². The van der Waals surface area contributed by atoms with Crippen molar-refractivity contribution in [1.82, 2.24) is 15.5 Å². The summed E-state index contributed by atoms with van der Waals surface area (Å²) in [5, 5.41) is 7.09. The molecule has 1 atom stereocenters. The molecular formula is C15H22FN3S. The molecule has 1 unspecified atom stereocenters. The van der Waals surface area contributed by atoms with Gasteiger partial charge in [0.1, 0.15) is 5.82 Å². The van der Waals surface area contributed by atoms with Gasteiger partial charge in [-0.3, -0.25) is 4.90 Å². The van der Waals surface area contributed by atoms with Crippen molar-refractivity contribution in [2.24, 2.45) is 0 Å². The Kier molecular flexibility index (Phi) is 5.73. The molecule has 2 rings (SSSR count). The average Bonchev–Trinajstić information content (AvgIpc) is 2.92. The summed E-state index contributed by atoms with van der Waals surface area (Å²) in [4.78, 5) is 2.48. The van der Waals surface area contributed by atoms with Crippen LogP contribution in [0.1, 0.15) is 25.3 Å². The van der Waals surface area contributed by atoms with Crippen molar-refractivity contribution >= 4 is 17.3 Å². The van der Waals surface area contributed by atoms with Crippen LogP contribution in [0.25, 0.3) is 0 Å². The summed E-state index contributed by atoms with van der Waals surface area (Å²) in [6, 6.07) is 7.04. The van der Waals surface area contributed by atoms with Crippen LogP contribution in [-0.4, -0.2) is 35.7 Å². The smallest absolute Gasteiger partial charge is 0.166 e. The molecule has 1 aliphatic heterocycles. The van der Waals surface area contributed by atoms with Gasteiger partial charge < -0.3 is 10.6 Å². The summed E-state index contributed by atoms with van der Waals surface area (Å²) in [6.45, 7) is 6.00. The first-order chi connectivity index (χ1) is 9.69. The Hall–Kier alpha value is -1.20. The largest absolute Gasteiger partial charge is 0.361 e. The highest BCUT2D eigenvalue weighted by molar-refractivity contribution is 7.80. The number of nitrogens with one attached hydrogen (secondary N) is 2. The first kappa shape index (κ1) is 15.2. The predicted octanol–water partition coefficient (Wildman–Crippen LogP) is 2.27. The van der Waals surface area contributed by atoms with Gasteiger partial charge in [-0.2, -0.15) is 0 Å². The van der Waals surface area contributed by atoms with Crippen molar-refractivity contribution in [2.75, 3.05) is 19.6 Å². The number of likely N-dealkylation sites (tertiary alicyclic amines) is 1. The molecule has 0 bridgehead atoms. The molecule has 1 aliphatic rings. The van der Waals surface area contributed by atoms with Crippen molar-refractivity contribution in [3.63, 3.8) is 0 Å². The Balaban J connectivity index is 1.69. The van der Waals surface area contributed by atoms with E-state index in [1.54, 1.807) is 12.1 Å². The summed E-state index contributed by atoms with van der Waals surface area (Å²) in [5.74, 6) is -0.213. The molecule has 0 spiro atoms. The Labute approximate surface area is 125 Å². The van der Waals surface area contributed by atoms with Gasteiger partial charge in [-0.1, -0.05) is 19.1 Å². The second kappa shape index (κ2) is 7.55. The third-order valence-electron chi connectivity index (χ3n) is 3.77. The summed E-state index contributed by atoms with van der Waals surface area (Å²) in [6.07, 6.45) is 2.51. The molecule has 0 amide bonds. The van der Waals surface area contributed by atoms with Gasteiger partial charge >= 0.3 is 0 Å². The molecule has 5 heteroatoms. The van der Waals surface area contributed by atoms with Crippen LogP contribution in [0.3, 0.4) is 0 Å². The lowest BCUT2D eigenvalue weighted by molar-refractivity contribution is 0.267. The van der Waals surface area contributed by atoms with Gasteiger partial charge in [0.2, 0.25) is 0 Å². The summed E-state index contributed by atoms with van der Waals surface area (Å²) >= 11 is 5.27. The van der Waals surface area contributed by atoms with Crippen LogP contribution in [-0.2, 0) is 6.54 Å². The number of rotatable bonds is 5. The fraction of sp³-hybridized carbons (Fsp3) is 0.533. The molecule has 2 N–H and O–H groups in total. The minimum atomic E-state index is -0.213. The summed E-state index contributed by atoms with van der Waals surface area (Å²) in [7, 11) is 0. The maximum absolute atomic E-state index is 12.8. The second-order valence-electron chi connectivity index (χ2n) is 5.11. The van der Waals surface area contributed by atoms with Crippen LogP contribution < -0.4 is 10.6 Å². The van der Waals surface area contributed by atoms with E-state index in [4.69, 9.17) is 12.2 Å². The third kappa shape index (κ3) is 4.42. The zero-order chi connectivity index (χ0) is 14.4. The van der Waals surface area contributed by atoms with Crippen LogP contribution in [0.4, 0.5) is 4.39 Å². The quantitative estimate of drug-likeness (QED) is 0.815. The molecule has 0 aromatic heterocycles. The fourth-order valence-corrected chi connectivity index (χ4v) is 2.76. The maximum Gasteiger partial charge on any atom is 0.166 e. The van der Waals surface area contributed by atoms with Crippen LogP contribution in [0.15, 0.2) is 24.3 Å². The molecule has 20 heavy (non-hydrogen) atoms. The normalized spacial score (nSPS) is 19.0. The molecule has 1 heterocycles. The maximum atomic E-state index is 12.8.